The van der Waals surface area contributed by atoms with Crippen molar-refractivity contribution in [2.45, 2.75) is 26.8 Å². The van der Waals surface area contributed by atoms with Crippen molar-refractivity contribution in [2.75, 3.05) is 13.6 Å². The standard InChI is InChI=1S/C16H21ClN4O/c1-11-8-14(12(2)22-11)10-21-16(18-3)19-7-6-13-4-5-15(17)20-9-13/h4-5,8-9H,6-7,10H2,1-3H3,(H2,18,19,21). The van der Waals surface area contributed by atoms with E-state index in [1.54, 1.807) is 19.3 Å². The molecule has 0 aliphatic rings. The summed E-state index contributed by atoms with van der Waals surface area (Å²) in [6.45, 7) is 5.37. The Morgan fingerprint density at radius 1 is 1.32 bits per heavy atom. The normalized spacial score (nSPS) is 11.5. The van der Waals surface area contributed by atoms with Crippen molar-refractivity contribution in [1.29, 1.82) is 0 Å². The van der Waals surface area contributed by atoms with E-state index in [1.165, 1.54) is 0 Å². The summed E-state index contributed by atoms with van der Waals surface area (Å²) in [6.07, 6.45) is 2.65. The van der Waals surface area contributed by atoms with Crippen molar-refractivity contribution in [3.8, 4) is 0 Å². The number of pyridine rings is 1. The number of hydrogen-bond acceptors (Lipinski definition) is 3. The first-order valence-corrected chi connectivity index (χ1v) is 7.57. The molecule has 0 amide bonds. The van der Waals surface area contributed by atoms with Crippen LogP contribution in [0.3, 0.4) is 0 Å². The van der Waals surface area contributed by atoms with Gasteiger partial charge in [0.15, 0.2) is 5.96 Å². The van der Waals surface area contributed by atoms with E-state index in [0.29, 0.717) is 11.7 Å². The van der Waals surface area contributed by atoms with Crippen LogP contribution in [-0.2, 0) is 13.0 Å². The highest BCUT2D eigenvalue weighted by Crippen LogP contribution is 2.12. The van der Waals surface area contributed by atoms with Gasteiger partial charge in [-0.05, 0) is 38.0 Å². The predicted molar refractivity (Wildman–Crippen MR) is 89.3 cm³/mol. The van der Waals surface area contributed by atoms with Crippen LogP contribution in [-0.4, -0.2) is 24.5 Å². The molecule has 0 fully saturated rings. The Balaban J connectivity index is 1.78. The third-order valence-corrected chi connectivity index (χ3v) is 3.53. The van der Waals surface area contributed by atoms with Gasteiger partial charge in [0.05, 0.1) is 0 Å². The number of nitrogens with zero attached hydrogens (tertiary/aromatic N) is 2. The number of guanidine groups is 1. The predicted octanol–water partition coefficient (Wildman–Crippen LogP) is 2.85. The van der Waals surface area contributed by atoms with E-state index in [-0.39, 0.29) is 0 Å². The lowest BCUT2D eigenvalue weighted by Gasteiger charge is -2.11. The molecule has 2 rings (SSSR count). The molecule has 2 heterocycles. The van der Waals surface area contributed by atoms with Gasteiger partial charge in [0.25, 0.3) is 0 Å². The number of hydrogen-bond donors (Lipinski definition) is 2. The summed E-state index contributed by atoms with van der Waals surface area (Å²) >= 11 is 5.77. The second-order valence-corrected chi connectivity index (χ2v) is 5.42. The molecular formula is C16H21ClN4O. The van der Waals surface area contributed by atoms with Gasteiger partial charge in [0.2, 0.25) is 0 Å². The maximum Gasteiger partial charge on any atom is 0.191 e. The van der Waals surface area contributed by atoms with E-state index < -0.39 is 0 Å². The third-order valence-electron chi connectivity index (χ3n) is 3.31. The van der Waals surface area contributed by atoms with Crippen LogP contribution < -0.4 is 10.6 Å². The molecule has 118 valence electrons. The summed E-state index contributed by atoms with van der Waals surface area (Å²) in [5, 5.41) is 7.07. The molecule has 0 spiro atoms. The van der Waals surface area contributed by atoms with Crippen molar-refractivity contribution in [3.63, 3.8) is 0 Å². The second-order valence-electron chi connectivity index (χ2n) is 5.03. The van der Waals surface area contributed by atoms with Crippen molar-refractivity contribution in [1.82, 2.24) is 15.6 Å². The summed E-state index contributed by atoms with van der Waals surface area (Å²) in [5.74, 6) is 2.63. The van der Waals surface area contributed by atoms with E-state index in [0.717, 1.165) is 41.6 Å². The Morgan fingerprint density at radius 2 is 2.14 bits per heavy atom. The van der Waals surface area contributed by atoms with E-state index in [2.05, 4.69) is 20.6 Å². The lowest BCUT2D eigenvalue weighted by molar-refractivity contribution is 0.500. The van der Waals surface area contributed by atoms with Gasteiger partial charge >= 0.3 is 0 Å². The Labute approximate surface area is 135 Å². The largest absolute Gasteiger partial charge is 0.466 e. The number of aromatic nitrogens is 1. The lowest BCUT2D eigenvalue weighted by atomic mass is 10.2. The Morgan fingerprint density at radius 3 is 2.73 bits per heavy atom. The smallest absolute Gasteiger partial charge is 0.191 e. The molecule has 2 N–H and O–H groups in total. The fourth-order valence-electron chi connectivity index (χ4n) is 2.14. The van der Waals surface area contributed by atoms with E-state index in [4.69, 9.17) is 16.0 Å². The van der Waals surface area contributed by atoms with Gasteiger partial charge in [-0.15, -0.1) is 0 Å². The minimum absolute atomic E-state index is 0.514. The average Bonchev–Trinajstić information content (AvgIpc) is 2.82. The molecular weight excluding hydrogens is 300 g/mol. The first kappa shape index (κ1) is 16.4. The van der Waals surface area contributed by atoms with Crippen LogP contribution in [0.25, 0.3) is 0 Å². The molecule has 0 saturated carbocycles. The van der Waals surface area contributed by atoms with Gasteiger partial charge in [0.1, 0.15) is 16.7 Å². The molecule has 0 unspecified atom stereocenters. The van der Waals surface area contributed by atoms with Crippen LogP contribution in [0.5, 0.6) is 0 Å². The van der Waals surface area contributed by atoms with Crippen LogP contribution in [0, 0.1) is 13.8 Å². The first-order chi connectivity index (χ1) is 10.6. The average molecular weight is 321 g/mol. The molecule has 5 nitrogen and oxygen atoms in total. The van der Waals surface area contributed by atoms with Crippen molar-refractivity contribution >= 4 is 17.6 Å². The highest BCUT2D eigenvalue weighted by Gasteiger charge is 2.05. The topological polar surface area (TPSA) is 62.5 Å². The van der Waals surface area contributed by atoms with Crippen LogP contribution in [0.2, 0.25) is 5.15 Å². The summed E-state index contributed by atoms with van der Waals surface area (Å²) in [7, 11) is 1.76. The molecule has 0 atom stereocenters. The fraction of sp³-hybridized carbons (Fsp3) is 0.375. The molecule has 0 aliphatic heterocycles. The maximum atomic E-state index is 5.77. The minimum atomic E-state index is 0.514. The number of rotatable bonds is 5. The van der Waals surface area contributed by atoms with Crippen molar-refractivity contribution < 1.29 is 4.42 Å². The molecule has 0 bridgehead atoms. The number of aryl methyl sites for hydroxylation is 2. The van der Waals surface area contributed by atoms with Crippen LogP contribution in [0.15, 0.2) is 33.8 Å². The second kappa shape index (κ2) is 7.84. The van der Waals surface area contributed by atoms with E-state index in [1.807, 2.05) is 26.0 Å². The molecule has 2 aromatic rings. The lowest BCUT2D eigenvalue weighted by Crippen LogP contribution is -2.37. The molecule has 0 aliphatic carbocycles. The molecule has 6 heteroatoms. The summed E-state index contributed by atoms with van der Waals surface area (Å²) in [6, 6.07) is 5.81. The first-order valence-electron chi connectivity index (χ1n) is 7.19. The van der Waals surface area contributed by atoms with Crippen molar-refractivity contribution in [2.24, 2.45) is 4.99 Å². The van der Waals surface area contributed by atoms with E-state index in [9.17, 15) is 0 Å². The molecule has 22 heavy (non-hydrogen) atoms. The SMILES string of the molecule is CN=C(NCCc1ccc(Cl)nc1)NCc1cc(C)oc1C. The van der Waals surface area contributed by atoms with Crippen LogP contribution >= 0.6 is 11.6 Å². The third kappa shape index (κ3) is 4.77. The van der Waals surface area contributed by atoms with Crippen molar-refractivity contribution in [3.05, 3.63) is 52.2 Å². The monoisotopic (exact) mass is 320 g/mol. The quantitative estimate of drug-likeness (QED) is 0.505. The van der Waals surface area contributed by atoms with Gasteiger partial charge < -0.3 is 15.1 Å². The molecule has 0 saturated heterocycles. The maximum absolute atomic E-state index is 5.77. The Kier molecular flexibility index (Phi) is 5.83. The Bertz CT molecular complexity index is 634. The number of aliphatic imine (C=N–C) groups is 1. The fourth-order valence-corrected chi connectivity index (χ4v) is 2.25. The molecule has 0 aromatic carbocycles. The molecule has 0 radical (unpaired) electrons. The molecule has 2 aromatic heterocycles. The van der Waals surface area contributed by atoms with Gasteiger partial charge in [-0.25, -0.2) is 4.98 Å². The van der Waals surface area contributed by atoms with Gasteiger partial charge in [0, 0.05) is 31.9 Å². The van der Waals surface area contributed by atoms with Crippen LogP contribution in [0.4, 0.5) is 0 Å². The van der Waals surface area contributed by atoms with Gasteiger partial charge in [-0.1, -0.05) is 17.7 Å². The summed E-state index contributed by atoms with van der Waals surface area (Å²) in [4.78, 5) is 8.28. The zero-order chi connectivity index (χ0) is 15.9. The number of furan rings is 1. The van der Waals surface area contributed by atoms with Crippen LogP contribution in [0.1, 0.15) is 22.6 Å². The minimum Gasteiger partial charge on any atom is -0.466 e. The zero-order valence-electron chi connectivity index (χ0n) is 13.1. The van der Waals surface area contributed by atoms with E-state index >= 15 is 0 Å². The van der Waals surface area contributed by atoms with Gasteiger partial charge in [-0.2, -0.15) is 0 Å². The zero-order valence-corrected chi connectivity index (χ0v) is 13.9. The Hall–Kier alpha value is -2.01. The number of nitrogens with one attached hydrogen (secondary N) is 2. The summed E-state index contributed by atoms with van der Waals surface area (Å²) in [5.41, 5.74) is 2.27. The summed E-state index contributed by atoms with van der Waals surface area (Å²) < 4.78 is 5.51. The van der Waals surface area contributed by atoms with Gasteiger partial charge in [-0.3, -0.25) is 4.99 Å². The highest BCUT2D eigenvalue weighted by atomic mass is 35.5. The highest BCUT2D eigenvalue weighted by molar-refractivity contribution is 6.29. The number of halogens is 1.